The van der Waals surface area contributed by atoms with Crippen molar-refractivity contribution >= 4 is 133 Å². The standard InChI is InChI=1S/C46H29N3.C30H22BNO2.C16H9ClN2.CH4/c1-3-11-30(12-4-1)33-21-25-43-40(27-33)41-28-34(31-13-5-2-6-14-31)22-26-44(41)49(43)35-23-19-32(20-24-35)42-29-47-45-38-17-9-7-15-36(38)37-16-8-10-18-39(37)46(45)48-42;33-31(34)25-13-15-26(16-14-25)32-29-17-11-23(21-7-3-1-4-8-21)19-27(29)28-20-24(12-18-30(28)32)22-9-5-2-6-10-22;17-14-9-18-15-12-7-3-1-5-10(12)11-6-2-4-8-13(11)16(15)19-14;/h1-29H;1-20,33-34H;1-9H;1H4. The molecular weight excluding hydrogens is 1280 g/mol. The van der Waals surface area contributed by atoms with E-state index >= 15 is 0 Å². The van der Waals surface area contributed by atoms with Crippen LogP contribution in [0.1, 0.15) is 7.43 Å². The molecule has 0 bridgehead atoms. The maximum absolute atomic E-state index is 9.52. The maximum Gasteiger partial charge on any atom is 0.488 e. The van der Waals surface area contributed by atoms with E-state index < -0.39 is 7.12 Å². The topological polar surface area (TPSA) is 102 Å². The number of aromatic nitrogens is 6. The Balaban J connectivity index is 0.000000126. The average Bonchev–Trinajstić information content (AvgIpc) is 1.49. The van der Waals surface area contributed by atoms with Crippen LogP contribution in [0.15, 0.2) is 352 Å². The molecule has 0 radical (unpaired) electrons. The molecule has 0 fully saturated rings. The highest BCUT2D eigenvalue weighted by Crippen LogP contribution is 2.41. The summed E-state index contributed by atoms with van der Waals surface area (Å²) in [6.07, 6.45) is 3.51. The van der Waals surface area contributed by atoms with Gasteiger partial charge in [0, 0.05) is 60.0 Å². The Kier molecular flexibility index (Phi) is 16.7. The number of hydrogen-bond donors (Lipinski definition) is 2. The molecule has 16 aromatic carbocycles. The zero-order valence-electron chi connectivity index (χ0n) is 55.0. The first-order valence-electron chi connectivity index (χ1n) is 34.1. The lowest BCUT2D eigenvalue weighted by Crippen LogP contribution is -2.29. The highest BCUT2D eigenvalue weighted by atomic mass is 35.5. The fraction of sp³-hybridized carbons (Fsp3) is 0.0108. The maximum atomic E-state index is 9.52. The van der Waals surface area contributed by atoms with Gasteiger partial charge < -0.3 is 19.2 Å². The minimum absolute atomic E-state index is 0. The first-order valence-corrected chi connectivity index (χ1v) is 34.4. The van der Waals surface area contributed by atoms with Crippen molar-refractivity contribution in [1.29, 1.82) is 0 Å². The fourth-order valence-electron chi connectivity index (χ4n) is 14.8. The molecule has 0 unspecified atom stereocenters. The molecule has 10 heteroatoms. The van der Waals surface area contributed by atoms with Crippen LogP contribution in [-0.2, 0) is 0 Å². The van der Waals surface area contributed by atoms with E-state index in [0.717, 1.165) is 77.3 Å². The van der Waals surface area contributed by atoms with Gasteiger partial charge in [-0.15, -0.1) is 0 Å². The van der Waals surface area contributed by atoms with Crippen LogP contribution in [-0.4, -0.2) is 46.2 Å². The van der Waals surface area contributed by atoms with Gasteiger partial charge in [-0.2, -0.15) is 0 Å². The van der Waals surface area contributed by atoms with E-state index in [2.05, 4.69) is 298 Å². The molecule has 0 aliphatic heterocycles. The van der Waals surface area contributed by atoms with Gasteiger partial charge in [0.15, 0.2) is 0 Å². The summed E-state index contributed by atoms with van der Waals surface area (Å²) in [5, 5.41) is 33.5. The van der Waals surface area contributed by atoms with Crippen LogP contribution in [0.25, 0.3) is 176 Å². The summed E-state index contributed by atoms with van der Waals surface area (Å²) in [5.41, 5.74) is 22.2. The normalized spacial score (nSPS) is 11.4. The van der Waals surface area contributed by atoms with Crippen molar-refractivity contribution in [3.8, 4) is 67.1 Å². The number of nitrogens with zero attached hydrogens (tertiary/aromatic N) is 6. The smallest absolute Gasteiger partial charge is 0.423 e. The monoisotopic (exact) mass is 1340 g/mol. The van der Waals surface area contributed by atoms with Crippen molar-refractivity contribution in [3.05, 3.63) is 357 Å². The molecule has 103 heavy (non-hydrogen) atoms. The molecule has 0 aliphatic carbocycles. The molecule has 0 amide bonds. The molecule has 20 aromatic rings. The van der Waals surface area contributed by atoms with Crippen LogP contribution in [0.5, 0.6) is 0 Å². The molecule has 2 N–H and O–H groups in total. The van der Waals surface area contributed by atoms with Gasteiger partial charge >= 0.3 is 7.12 Å². The van der Waals surface area contributed by atoms with Crippen LogP contribution in [0.2, 0.25) is 5.15 Å². The summed E-state index contributed by atoms with van der Waals surface area (Å²) >= 11 is 6.00. The van der Waals surface area contributed by atoms with Gasteiger partial charge in [0.1, 0.15) is 5.15 Å². The second kappa shape index (κ2) is 27.0. The average molecular weight is 1340 g/mol. The number of benzene rings is 16. The Labute approximate surface area is 600 Å². The number of hydrogen-bond acceptors (Lipinski definition) is 6. The summed E-state index contributed by atoms with van der Waals surface area (Å²) in [5.74, 6) is 0. The molecular formula is C93H64BClN6O2. The van der Waals surface area contributed by atoms with Crippen LogP contribution in [0, 0.1) is 0 Å². The van der Waals surface area contributed by atoms with Crippen LogP contribution < -0.4 is 5.46 Å². The minimum atomic E-state index is -1.48. The van der Waals surface area contributed by atoms with Gasteiger partial charge in [0.25, 0.3) is 0 Å². The quantitative estimate of drug-likeness (QED) is 0.116. The molecule has 0 saturated heterocycles. The van der Waals surface area contributed by atoms with Crippen LogP contribution in [0.3, 0.4) is 0 Å². The summed E-state index contributed by atoms with van der Waals surface area (Å²) in [6.45, 7) is 0. The van der Waals surface area contributed by atoms with E-state index in [1.807, 2.05) is 54.7 Å². The van der Waals surface area contributed by atoms with E-state index in [-0.39, 0.29) is 7.43 Å². The second-order valence-electron chi connectivity index (χ2n) is 25.6. The van der Waals surface area contributed by atoms with Crippen molar-refractivity contribution in [1.82, 2.24) is 29.1 Å². The molecule has 20 rings (SSSR count). The van der Waals surface area contributed by atoms with E-state index in [1.54, 1.807) is 18.3 Å². The fourth-order valence-corrected chi connectivity index (χ4v) is 14.9. The van der Waals surface area contributed by atoms with Gasteiger partial charge in [0.05, 0.1) is 62.2 Å². The number of halogens is 1. The molecule has 488 valence electrons. The molecule has 0 spiro atoms. The zero-order valence-corrected chi connectivity index (χ0v) is 55.8. The Hall–Kier alpha value is -12.9. The third-order valence-corrected chi connectivity index (χ3v) is 19.8. The van der Waals surface area contributed by atoms with E-state index in [9.17, 15) is 10.0 Å². The zero-order chi connectivity index (χ0) is 68.2. The van der Waals surface area contributed by atoms with Crippen molar-refractivity contribution in [2.75, 3.05) is 0 Å². The lowest BCUT2D eigenvalue weighted by Gasteiger charge is -2.12. The van der Waals surface area contributed by atoms with Gasteiger partial charge in [-0.05, 0) is 144 Å². The van der Waals surface area contributed by atoms with Crippen molar-refractivity contribution in [3.63, 3.8) is 0 Å². The third kappa shape index (κ3) is 11.6. The second-order valence-corrected chi connectivity index (χ2v) is 26.0. The number of fused-ring (bicyclic) bond motifs is 18. The SMILES string of the molecule is C.Clc1cnc2c3ccccc3c3ccccc3c2n1.OB(O)c1ccc(-n2c3ccc(-c4ccccc4)cc3c3cc(-c4ccccc4)ccc32)cc1.c1ccc(-c2ccc3c(c2)c2cc(-c4ccccc4)ccc2n3-c2ccc(-c3cnc4c5ccccc5c5ccccc5c4n3)cc2)cc1. The Morgan fingerprint density at radius 1 is 0.252 bits per heavy atom. The Bertz CT molecular complexity index is 6330. The highest BCUT2D eigenvalue weighted by molar-refractivity contribution is 6.58. The first kappa shape index (κ1) is 63.6. The Morgan fingerprint density at radius 3 is 0.874 bits per heavy atom. The van der Waals surface area contributed by atoms with E-state index in [1.165, 1.54) is 98.6 Å². The summed E-state index contributed by atoms with van der Waals surface area (Å²) in [7, 11) is -1.48. The predicted molar refractivity (Wildman–Crippen MR) is 433 cm³/mol. The van der Waals surface area contributed by atoms with E-state index in [0.29, 0.717) is 10.6 Å². The molecule has 0 atom stereocenters. The van der Waals surface area contributed by atoms with Crippen LogP contribution >= 0.6 is 11.6 Å². The summed E-state index contributed by atoms with van der Waals surface area (Å²) in [4.78, 5) is 19.1. The van der Waals surface area contributed by atoms with Gasteiger partial charge in [-0.25, -0.2) is 9.97 Å². The van der Waals surface area contributed by atoms with Crippen molar-refractivity contribution < 1.29 is 10.0 Å². The van der Waals surface area contributed by atoms with E-state index in [4.69, 9.17) is 21.6 Å². The van der Waals surface area contributed by atoms with Gasteiger partial charge in [-0.1, -0.05) is 286 Å². The molecule has 4 heterocycles. The lowest BCUT2D eigenvalue weighted by atomic mass is 9.80. The minimum Gasteiger partial charge on any atom is -0.423 e. The molecule has 0 saturated carbocycles. The molecule has 4 aromatic heterocycles. The van der Waals surface area contributed by atoms with Crippen LogP contribution in [0.4, 0.5) is 0 Å². The molecule has 0 aliphatic rings. The number of rotatable bonds is 8. The lowest BCUT2D eigenvalue weighted by molar-refractivity contribution is 0.426. The summed E-state index contributed by atoms with van der Waals surface area (Å²) in [6, 6.07) is 119. The Morgan fingerprint density at radius 2 is 0.534 bits per heavy atom. The predicted octanol–water partition coefficient (Wildman–Crippen LogP) is 23.1. The third-order valence-electron chi connectivity index (χ3n) is 19.7. The largest absolute Gasteiger partial charge is 0.488 e. The van der Waals surface area contributed by atoms with Crippen molar-refractivity contribution in [2.24, 2.45) is 0 Å². The van der Waals surface area contributed by atoms with Crippen molar-refractivity contribution in [2.45, 2.75) is 7.43 Å². The highest BCUT2D eigenvalue weighted by Gasteiger charge is 2.20. The van der Waals surface area contributed by atoms with Gasteiger partial charge in [-0.3, -0.25) is 9.97 Å². The molecule has 8 nitrogen and oxygen atoms in total. The first-order chi connectivity index (χ1) is 50.3. The van der Waals surface area contributed by atoms with Gasteiger partial charge in [0.2, 0.25) is 0 Å². The summed E-state index contributed by atoms with van der Waals surface area (Å²) < 4.78 is 4.62.